The number of carbonyl (C=O) groups is 3. The van der Waals surface area contributed by atoms with Crippen molar-refractivity contribution in [2.24, 2.45) is 5.92 Å². The smallest absolute Gasteiger partial charge is 0.309 e. The van der Waals surface area contributed by atoms with Gasteiger partial charge in [0.05, 0.1) is 19.1 Å². The van der Waals surface area contributed by atoms with E-state index in [1.54, 1.807) is 50.1 Å². The number of nitrogens with zero attached hydrogens (tertiary/aromatic N) is 4. The second-order valence-corrected chi connectivity index (χ2v) is 7.29. The standard InChI is InChI=1S/C21H26N4O5/c1-4-29-21(28)17-9-11-25(12-10-17)18(26)13-24(3)20(27)16-7-5-15(6-8-16)19-22-14(2)23-30-19/h5-8,17H,4,9-13H2,1-3H3. The molecule has 1 saturated heterocycles. The van der Waals surface area contributed by atoms with E-state index >= 15 is 0 Å². The van der Waals surface area contributed by atoms with Gasteiger partial charge in [0.2, 0.25) is 5.91 Å². The molecule has 0 N–H and O–H groups in total. The molecule has 0 spiro atoms. The van der Waals surface area contributed by atoms with Gasteiger partial charge in [0.25, 0.3) is 11.8 Å². The Hall–Kier alpha value is -3.23. The van der Waals surface area contributed by atoms with Gasteiger partial charge in [0.15, 0.2) is 5.82 Å². The van der Waals surface area contributed by atoms with Crippen LogP contribution in [0.2, 0.25) is 0 Å². The average Bonchev–Trinajstić information content (AvgIpc) is 3.19. The van der Waals surface area contributed by atoms with Gasteiger partial charge < -0.3 is 19.1 Å². The molecule has 1 aromatic carbocycles. The lowest BCUT2D eigenvalue weighted by Crippen LogP contribution is -2.45. The van der Waals surface area contributed by atoms with Crippen molar-refractivity contribution in [1.29, 1.82) is 0 Å². The predicted molar refractivity (Wildman–Crippen MR) is 107 cm³/mol. The zero-order valence-electron chi connectivity index (χ0n) is 17.5. The van der Waals surface area contributed by atoms with Crippen molar-refractivity contribution in [3.63, 3.8) is 0 Å². The molecule has 1 aliphatic rings. The van der Waals surface area contributed by atoms with Crippen LogP contribution in [0.4, 0.5) is 0 Å². The van der Waals surface area contributed by atoms with Gasteiger partial charge >= 0.3 is 5.97 Å². The maximum atomic E-state index is 12.7. The van der Waals surface area contributed by atoms with Crippen LogP contribution < -0.4 is 0 Å². The van der Waals surface area contributed by atoms with E-state index in [1.807, 2.05) is 0 Å². The summed E-state index contributed by atoms with van der Waals surface area (Å²) in [7, 11) is 1.60. The Morgan fingerprint density at radius 2 is 1.87 bits per heavy atom. The molecule has 9 heteroatoms. The third-order valence-electron chi connectivity index (χ3n) is 5.09. The lowest BCUT2D eigenvalue weighted by atomic mass is 9.97. The summed E-state index contributed by atoms with van der Waals surface area (Å²) >= 11 is 0. The molecule has 1 aromatic heterocycles. The van der Waals surface area contributed by atoms with Crippen molar-refractivity contribution in [3.05, 3.63) is 35.7 Å². The van der Waals surface area contributed by atoms with Crippen molar-refractivity contribution in [2.45, 2.75) is 26.7 Å². The molecule has 2 heterocycles. The van der Waals surface area contributed by atoms with Crippen LogP contribution in [0, 0.1) is 12.8 Å². The summed E-state index contributed by atoms with van der Waals surface area (Å²) in [5, 5.41) is 3.75. The summed E-state index contributed by atoms with van der Waals surface area (Å²) in [5.74, 6) is 0.186. The number of ether oxygens (including phenoxy) is 1. The molecule has 0 atom stereocenters. The van der Waals surface area contributed by atoms with Gasteiger partial charge in [-0.3, -0.25) is 14.4 Å². The molecule has 0 bridgehead atoms. The summed E-state index contributed by atoms with van der Waals surface area (Å²) in [6, 6.07) is 6.80. The molecule has 0 saturated carbocycles. The number of hydrogen-bond donors (Lipinski definition) is 0. The van der Waals surface area contributed by atoms with Gasteiger partial charge in [0, 0.05) is 31.3 Å². The summed E-state index contributed by atoms with van der Waals surface area (Å²) < 4.78 is 10.2. The largest absolute Gasteiger partial charge is 0.466 e. The number of aromatic nitrogens is 2. The molecular weight excluding hydrogens is 388 g/mol. The predicted octanol–water partition coefficient (Wildman–Crippen LogP) is 1.92. The van der Waals surface area contributed by atoms with Crippen LogP contribution in [-0.2, 0) is 14.3 Å². The van der Waals surface area contributed by atoms with E-state index in [1.165, 1.54) is 4.90 Å². The van der Waals surface area contributed by atoms with Gasteiger partial charge in [-0.15, -0.1) is 0 Å². The molecule has 0 unspecified atom stereocenters. The first-order valence-electron chi connectivity index (χ1n) is 9.99. The van der Waals surface area contributed by atoms with Crippen molar-refractivity contribution >= 4 is 17.8 Å². The minimum Gasteiger partial charge on any atom is -0.466 e. The number of aryl methyl sites for hydroxylation is 1. The van der Waals surface area contributed by atoms with Crippen LogP contribution in [-0.4, -0.2) is 71.0 Å². The number of benzene rings is 1. The van der Waals surface area contributed by atoms with E-state index in [2.05, 4.69) is 10.1 Å². The van der Waals surface area contributed by atoms with Crippen molar-refractivity contribution in [1.82, 2.24) is 19.9 Å². The van der Waals surface area contributed by atoms with Crippen LogP contribution in [0.15, 0.2) is 28.8 Å². The number of likely N-dealkylation sites (tertiary alicyclic amines) is 1. The second-order valence-electron chi connectivity index (χ2n) is 7.29. The maximum absolute atomic E-state index is 12.7. The zero-order chi connectivity index (χ0) is 21.7. The summed E-state index contributed by atoms with van der Waals surface area (Å²) in [6.45, 7) is 4.83. The first kappa shape index (κ1) is 21.5. The van der Waals surface area contributed by atoms with E-state index in [0.29, 0.717) is 49.8 Å². The van der Waals surface area contributed by atoms with Gasteiger partial charge in [-0.05, 0) is 51.0 Å². The molecule has 30 heavy (non-hydrogen) atoms. The van der Waals surface area contributed by atoms with E-state index in [0.717, 1.165) is 5.56 Å². The van der Waals surface area contributed by atoms with Crippen LogP contribution >= 0.6 is 0 Å². The summed E-state index contributed by atoms with van der Waals surface area (Å²) in [5.41, 5.74) is 1.18. The average molecular weight is 414 g/mol. The third-order valence-corrected chi connectivity index (χ3v) is 5.09. The molecule has 2 aromatic rings. The fourth-order valence-electron chi connectivity index (χ4n) is 3.39. The van der Waals surface area contributed by atoms with Gasteiger partial charge in [-0.1, -0.05) is 5.16 Å². The Morgan fingerprint density at radius 3 is 2.43 bits per heavy atom. The molecule has 0 aliphatic carbocycles. The van der Waals surface area contributed by atoms with E-state index in [9.17, 15) is 14.4 Å². The number of esters is 1. The normalized spacial score (nSPS) is 14.4. The van der Waals surface area contributed by atoms with E-state index < -0.39 is 0 Å². The molecule has 3 rings (SSSR count). The quantitative estimate of drug-likeness (QED) is 0.665. The highest BCUT2D eigenvalue weighted by Crippen LogP contribution is 2.20. The highest BCUT2D eigenvalue weighted by atomic mass is 16.5. The minimum atomic E-state index is -0.252. The Labute approximate surface area is 175 Å². The van der Waals surface area contributed by atoms with Gasteiger partial charge in [-0.25, -0.2) is 0 Å². The number of hydrogen-bond acceptors (Lipinski definition) is 7. The number of piperidine rings is 1. The van der Waals surface area contributed by atoms with E-state index in [-0.39, 0.29) is 30.2 Å². The molecule has 0 radical (unpaired) electrons. The Bertz CT molecular complexity index is 900. The SMILES string of the molecule is CCOC(=O)C1CCN(C(=O)CN(C)C(=O)c2ccc(-c3nc(C)no3)cc2)CC1. The van der Waals surface area contributed by atoms with Crippen LogP contribution in [0.1, 0.15) is 35.9 Å². The first-order valence-corrected chi connectivity index (χ1v) is 9.99. The highest BCUT2D eigenvalue weighted by molar-refractivity contribution is 5.96. The monoisotopic (exact) mass is 414 g/mol. The Morgan fingerprint density at radius 1 is 1.20 bits per heavy atom. The zero-order valence-corrected chi connectivity index (χ0v) is 17.5. The Kier molecular flexibility index (Phi) is 6.81. The van der Waals surface area contributed by atoms with Gasteiger partial charge in [0.1, 0.15) is 0 Å². The summed E-state index contributed by atoms with van der Waals surface area (Å²) in [4.78, 5) is 44.3. The van der Waals surface area contributed by atoms with Gasteiger partial charge in [-0.2, -0.15) is 4.98 Å². The lowest BCUT2D eigenvalue weighted by molar-refractivity contribution is -0.151. The van der Waals surface area contributed by atoms with Crippen molar-refractivity contribution in [3.8, 4) is 11.5 Å². The van der Waals surface area contributed by atoms with Crippen LogP contribution in [0.5, 0.6) is 0 Å². The van der Waals surface area contributed by atoms with Crippen molar-refractivity contribution in [2.75, 3.05) is 33.3 Å². The molecule has 9 nitrogen and oxygen atoms in total. The molecule has 2 amide bonds. The highest BCUT2D eigenvalue weighted by Gasteiger charge is 2.29. The second kappa shape index (κ2) is 9.51. The minimum absolute atomic E-state index is 0.0203. The fraction of sp³-hybridized carbons (Fsp3) is 0.476. The van der Waals surface area contributed by atoms with Crippen LogP contribution in [0.25, 0.3) is 11.5 Å². The molecule has 1 fully saturated rings. The first-order chi connectivity index (χ1) is 14.4. The van der Waals surface area contributed by atoms with Crippen LogP contribution in [0.3, 0.4) is 0 Å². The van der Waals surface area contributed by atoms with E-state index in [4.69, 9.17) is 9.26 Å². The molecular formula is C21H26N4O5. The molecule has 1 aliphatic heterocycles. The third kappa shape index (κ3) is 5.03. The fourth-order valence-corrected chi connectivity index (χ4v) is 3.39. The topological polar surface area (TPSA) is 106 Å². The number of carbonyl (C=O) groups excluding carboxylic acids is 3. The number of amides is 2. The molecule has 160 valence electrons. The van der Waals surface area contributed by atoms with Crippen molar-refractivity contribution < 1.29 is 23.6 Å². The number of likely N-dealkylation sites (N-methyl/N-ethyl adjacent to an activating group) is 1. The maximum Gasteiger partial charge on any atom is 0.309 e. The Balaban J connectivity index is 1.53. The summed E-state index contributed by atoms with van der Waals surface area (Å²) in [6.07, 6.45) is 1.16. The number of rotatable bonds is 6. The lowest BCUT2D eigenvalue weighted by Gasteiger charge is -2.32.